The first-order chi connectivity index (χ1) is 14.1. The van der Waals surface area contributed by atoms with E-state index < -0.39 is 0 Å². The molecule has 0 aliphatic carbocycles. The molecule has 1 atom stereocenters. The molecule has 5 heteroatoms. The molecular weight excluding hydrogens is 362 g/mol. The highest BCUT2D eigenvalue weighted by Gasteiger charge is 2.21. The van der Waals surface area contributed by atoms with Crippen LogP contribution in [0.2, 0.25) is 0 Å². The Bertz CT molecular complexity index is 1020. The van der Waals surface area contributed by atoms with E-state index in [-0.39, 0.29) is 5.78 Å². The zero-order chi connectivity index (χ0) is 20.2. The number of benzene rings is 2. The van der Waals surface area contributed by atoms with Crippen LogP contribution < -0.4 is 4.74 Å². The zero-order valence-electron chi connectivity index (χ0n) is 16.8. The first-order valence-corrected chi connectivity index (χ1v) is 9.84. The number of allylic oxidation sites excluding steroid dienone is 1. The Balaban J connectivity index is 1.44. The lowest BCUT2D eigenvalue weighted by molar-refractivity contribution is 0.104. The lowest BCUT2D eigenvalue weighted by atomic mass is 9.99. The molecule has 1 unspecified atom stereocenters. The molecule has 0 amide bonds. The fraction of sp³-hybridized carbons (Fsp3) is 0.250. The number of carbonyl (C=O) groups is 1. The molecule has 0 bridgehead atoms. The number of carbonyl (C=O) groups excluding carboxylic acids is 1. The molecule has 1 aromatic heterocycles. The maximum absolute atomic E-state index is 12.7. The summed E-state index contributed by atoms with van der Waals surface area (Å²) >= 11 is 0. The van der Waals surface area contributed by atoms with Crippen LogP contribution in [-0.4, -0.2) is 40.4 Å². The second kappa shape index (κ2) is 8.35. The number of aromatic nitrogens is 2. The highest BCUT2D eigenvalue weighted by Crippen LogP contribution is 2.28. The van der Waals surface area contributed by atoms with Gasteiger partial charge in [-0.25, -0.2) is 4.98 Å². The van der Waals surface area contributed by atoms with Crippen molar-refractivity contribution in [1.82, 2.24) is 14.5 Å². The summed E-state index contributed by atoms with van der Waals surface area (Å²) in [5.41, 5.74) is 3.76. The van der Waals surface area contributed by atoms with Crippen molar-refractivity contribution in [3.05, 3.63) is 90.2 Å². The van der Waals surface area contributed by atoms with E-state index in [0.29, 0.717) is 17.2 Å². The topological polar surface area (TPSA) is 47.4 Å². The van der Waals surface area contributed by atoms with Crippen LogP contribution in [0.1, 0.15) is 34.0 Å². The molecule has 3 aromatic rings. The molecule has 1 aliphatic rings. The van der Waals surface area contributed by atoms with E-state index in [1.807, 2.05) is 42.1 Å². The van der Waals surface area contributed by atoms with Crippen molar-refractivity contribution < 1.29 is 9.53 Å². The minimum absolute atomic E-state index is 0.0279. The van der Waals surface area contributed by atoms with Crippen LogP contribution in [0.5, 0.6) is 5.75 Å². The SMILES string of the molecule is COc1cc(C(=O)/C=C/N2CCC(c3ccccc3)C2)ccc1-n1cnc(C)c1. The lowest BCUT2D eigenvalue weighted by Gasteiger charge is -2.13. The highest BCUT2D eigenvalue weighted by atomic mass is 16.5. The predicted octanol–water partition coefficient (Wildman–Crippen LogP) is 4.38. The second-order valence-electron chi connectivity index (χ2n) is 7.38. The molecule has 1 fully saturated rings. The minimum atomic E-state index is -0.0279. The summed E-state index contributed by atoms with van der Waals surface area (Å²) in [6, 6.07) is 16.1. The molecule has 4 rings (SSSR count). The van der Waals surface area contributed by atoms with Crippen molar-refractivity contribution in [2.24, 2.45) is 0 Å². The van der Waals surface area contributed by atoms with Crippen molar-refractivity contribution in [3.8, 4) is 11.4 Å². The third-order valence-corrected chi connectivity index (χ3v) is 5.38. The van der Waals surface area contributed by atoms with E-state index in [4.69, 9.17) is 4.74 Å². The summed E-state index contributed by atoms with van der Waals surface area (Å²) in [4.78, 5) is 19.2. The first kappa shape index (κ1) is 19.0. The second-order valence-corrected chi connectivity index (χ2v) is 7.38. The maximum atomic E-state index is 12.7. The maximum Gasteiger partial charge on any atom is 0.187 e. The summed E-state index contributed by atoms with van der Waals surface area (Å²) in [7, 11) is 1.61. The van der Waals surface area contributed by atoms with Gasteiger partial charge in [0.05, 0.1) is 24.8 Å². The van der Waals surface area contributed by atoms with E-state index in [2.05, 4.69) is 34.1 Å². The molecular formula is C24H25N3O2. The van der Waals surface area contributed by atoms with E-state index >= 15 is 0 Å². The van der Waals surface area contributed by atoms with Crippen LogP contribution in [-0.2, 0) is 0 Å². The van der Waals surface area contributed by atoms with Gasteiger partial charge in [0.25, 0.3) is 0 Å². The van der Waals surface area contributed by atoms with Crippen LogP contribution in [0.25, 0.3) is 5.69 Å². The smallest absolute Gasteiger partial charge is 0.187 e. The number of likely N-dealkylation sites (tertiary alicyclic amines) is 1. The number of ketones is 1. The van der Waals surface area contributed by atoms with Crippen LogP contribution in [0, 0.1) is 6.92 Å². The van der Waals surface area contributed by atoms with Gasteiger partial charge in [0.2, 0.25) is 0 Å². The van der Waals surface area contributed by atoms with E-state index in [0.717, 1.165) is 30.9 Å². The Labute approximate surface area is 171 Å². The van der Waals surface area contributed by atoms with Gasteiger partial charge in [0, 0.05) is 43.0 Å². The van der Waals surface area contributed by atoms with Crippen molar-refractivity contribution in [2.45, 2.75) is 19.3 Å². The normalized spacial score (nSPS) is 16.5. The number of hydrogen-bond acceptors (Lipinski definition) is 4. The molecule has 2 aromatic carbocycles. The van der Waals surface area contributed by atoms with Crippen LogP contribution in [0.4, 0.5) is 0 Å². The molecule has 2 heterocycles. The van der Waals surface area contributed by atoms with Gasteiger partial charge in [-0.1, -0.05) is 30.3 Å². The number of methoxy groups -OCH3 is 1. The van der Waals surface area contributed by atoms with Gasteiger partial charge in [0.15, 0.2) is 5.78 Å². The molecule has 29 heavy (non-hydrogen) atoms. The van der Waals surface area contributed by atoms with Crippen LogP contribution >= 0.6 is 0 Å². The number of ether oxygens (including phenoxy) is 1. The summed E-state index contributed by atoms with van der Waals surface area (Å²) in [5, 5.41) is 0. The van der Waals surface area contributed by atoms with Gasteiger partial charge in [-0.2, -0.15) is 0 Å². The van der Waals surface area contributed by atoms with Gasteiger partial charge in [-0.05, 0) is 37.1 Å². The molecule has 0 radical (unpaired) electrons. The highest BCUT2D eigenvalue weighted by molar-refractivity contribution is 6.04. The molecule has 148 valence electrons. The summed E-state index contributed by atoms with van der Waals surface area (Å²) in [6.45, 7) is 3.84. The zero-order valence-corrected chi connectivity index (χ0v) is 16.8. The average Bonchev–Trinajstić information content (AvgIpc) is 3.41. The molecule has 0 saturated carbocycles. The van der Waals surface area contributed by atoms with Crippen LogP contribution in [0.3, 0.4) is 0 Å². The number of nitrogens with zero attached hydrogens (tertiary/aromatic N) is 3. The molecule has 0 spiro atoms. The number of rotatable bonds is 6. The first-order valence-electron chi connectivity index (χ1n) is 9.84. The van der Waals surface area contributed by atoms with Crippen LogP contribution in [0.15, 0.2) is 73.3 Å². The quantitative estimate of drug-likeness (QED) is 0.465. The van der Waals surface area contributed by atoms with Crippen molar-refractivity contribution >= 4 is 5.78 Å². The number of hydrogen-bond donors (Lipinski definition) is 0. The van der Waals surface area contributed by atoms with Gasteiger partial charge >= 0.3 is 0 Å². The van der Waals surface area contributed by atoms with E-state index in [1.54, 1.807) is 25.6 Å². The van der Waals surface area contributed by atoms with Crippen molar-refractivity contribution in [1.29, 1.82) is 0 Å². The van der Waals surface area contributed by atoms with Gasteiger partial charge < -0.3 is 14.2 Å². The summed E-state index contributed by atoms with van der Waals surface area (Å²) in [6.07, 6.45) is 8.35. The van der Waals surface area contributed by atoms with E-state index in [9.17, 15) is 4.79 Å². The average molecular weight is 387 g/mol. The Morgan fingerprint density at radius 1 is 1.21 bits per heavy atom. The molecule has 1 saturated heterocycles. The Hall–Kier alpha value is -3.34. The summed E-state index contributed by atoms with van der Waals surface area (Å²) < 4.78 is 7.40. The van der Waals surface area contributed by atoms with Gasteiger partial charge in [0.1, 0.15) is 5.75 Å². The number of imidazole rings is 1. The minimum Gasteiger partial charge on any atom is -0.495 e. The third kappa shape index (κ3) is 4.24. The van der Waals surface area contributed by atoms with Crippen molar-refractivity contribution in [3.63, 3.8) is 0 Å². The Morgan fingerprint density at radius 3 is 2.76 bits per heavy atom. The number of aryl methyl sites for hydroxylation is 1. The Kier molecular flexibility index (Phi) is 5.47. The van der Waals surface area contributed by atoms with Gasteiger partial charge in [-0.15, -0.1) is 0 Å². The van der Waals surface area contributed by atoms with E-state index in [1.165, 1.54) is 5.56 Å². The monoisotopic (exact) mass is 387 g/mol. The predicted molar refractivity (Wildman–Crippen MR) is 114 cm³/mol. The third-order valence-electron chi connectivity index (χ3n) is 5.38. The fourth-order valence-electron chi connectivity index (χ4n) is 3.79. The largest absolute Gasteiger partial charge is 0.495 e. The van der Waals surface area contributed by atoms with Gasteiger partial charge in [-0.3, -0.25) is 4.79 Å². The molecule has 1 aliphatic heterocycles. The lowest BCUT2D eigenvalue weighted by Crippen LogP contribution is -2.13. The molecule has 5 nitrogen and oxygen atoms in total. The Morgan fingerprint density at radius 2 is 2.03 bits per heavy atom. The molecule has 0 N–H and O–H groups in total. The standard InChI is InChI=1S/C24H25N3O2/c1-18-15-27(17-25-18)22-9-8-20(14-24(22)29-2)23(28)11-13-26-12-10-21(16-26)19-6-4-3-5-7-19/h3-9,11,13-15,17,21H,10,12,16H2,1-2H3/b13-11+. The van der Waals surface area contributed by atoms with Crippen molar-refractivity contribution in [2.75, 3.05) is 20.2 Å². The summed E-state index contributed by atoms with van der Waals surface area (Å²) in [5.74, 6) is 1.14. The fourth-order valence-corrected chi connectivity index (χ4v) is 3.79.